The first kappa shape index (κ1) is 19.3. The zero-order valence-corrected chi connectivity index (χ0v) is 18.0. The van der Waals surface area contributed by atoms with Crippen LogP contribution in [0.15, 0.2) is 30.3 Å². The van der Waals surface area contributed by atoms with E-state index >= 15 is 0 Å². The van der Waals surface area contributed by atoms with E-state index in [1.54, 1.807) is 18.2 Å². The lowest BCUT2D eigenvalue weighted by atomic mass is 9.69. The highest BCUT2D eigenvalue weighted by Crippen LogP contribution is 2.52. The molecule has 0 saturated heterocycles. The van der Waals surface area contributed by atoms with Crippen molar-refractivity contribution in [3.8, 4) is 17.2 Å². The summed E-state index contributed by atoms with van der Waals surface area (Å²) in [6, 6.07) is 9.69. The largest absolute Gasteiger partial charge is 0.632 e. The van der Waals surface area contributed by atoms with Gasteiger partial charge < -0.3 is 19.2 Å². The molecule has 2 heterocycles. The first-order valence-corrected chi connectivity index (χ1v) is 10.7. The second-order valence-corrected chi connectivity index (χ2v) is 10.1. The van der Waals surface area contributed by atoms with Crippen LogP contribution in [0.2, 0.25) is 0 Å². The average Bonchev–Trinajstić information content (AvgIpc) is 3.38. The summed E-state index contributed by atoms with van der Waals surface area (Å²) >= 11 is 0. The lowest BCUT2D eigenvalue weighted by Crippen LogP contribution is -2.45. The van der Waals surface area contributed by atoms with Gasteiger partial charge in [-0.3, -0.25) is 4.79 Å². The molecule has 1 N–H and O–H groups in total. The maximum atomic E-state index is 11.0. The van der Waals surface area contributed by atoms with Gasteiger partial charge in [-0.2, -0.15) is 0 Å². The molecule has 2 aromatic rings. The number of carboxylic acids is 1. The molecular weight excluding hydrogens is 379 g/mol. The summed E-state index contributed by atoms with van der Waals surface area (Å²) in [7, 11) is -0.534. The molecule has 1 aliphatic carbocycles. The van der Waals surface area contributed by atoms with Crippen LogP contribution in [0.25, 0.3) is 0 Å². The van der Waals surface area contributed by atoms with E-state index in [0.717, 1.165) is 17.6 Å². The number of fused-ring (bicyclic) bond motifs is 2. The molecule has 1 fully saturated rings. The summed E-state index contributed by atoms with van der Waals surface area (Å²) in [6.45, 7) is 8.88. The number of ether oxygens (including phenoxy) is 1. The number of rotatable bonds is 4. The van der Waals surface area contributed by atoms with Crippen molar-refractivity contribution >= 4 is 18.6 Å². The number of benzene rings is 2. The van der Waals surface area contributed by atoms with Crippen LogP contribution in [0.3, 0.4) is 0 Å². The lowest BCUT2D eigenvalue weighted by Gasteiger charge is -2.43. The van der Waals surface area contributed by atoms with Crippen LogP contribution in [-0.4, -0.2) is 23.8 Å². The fraction of sp³-hybridized carbons (Fsp3) is 0.458. The topological polar surface area (TPSA) is 65.0 Å². The molecule has 156 valence electrons. The zero-order valence-electron chi connectivity index (χ0n) is 18.0. The average molecular weight is 406 g/mol. The molecule has 3 aliphatic rings. The minimum atomic E-state index is -0.862. The minimum Gasteiger partial charge on any atom is -0.519 e. The van der Waals surface area contributed by atoms with Crippen LogP contribution < -0.4 is 19.5 Å². The van der Waals surface area contributed by atoms with Gasteiger partial charge in [0.2, 0.25) is 0 Å². The van der Waals surface area contributed by atoms with Gasteiger partial charge in [0.25, 0.3) is 0 Å². The van der Waals surface area contributed by atoms with E-state index in [4.69, 9.17) is 19.2 Å². The molecule has 0 aromatic heterocycles. The van der Waals surface area contributed by atoms with Crippen molar-refractivity contribution in [2.75, 3.05) is 0 Å². The summed E-state index contributed by atoms with van der Waals surface area (Å²) in [5, 5.41) is 9.05. The molecule has 0 bridgehead atoms. The number of aliphatic carboxylic acids is 1. The third kappa shape index (κ3) is 3.42. The van der Waals surface area contributed by atoms with Gasteiger partial charge in [0.05, 0.1) is 6.42 Å². The molecule has 6 heteroatoms. The number of hydrogen-bond donors (Lipinski definition) is 1. The van der Waals surface area contributed by atoms with Crippen molar-refractivity contribution < 1.29 is 23.9 Å². The summed E-state index contributed by atoms with van der Waals surface area (Å²) < 4.78 is 18.7. The Balaban J connectivity index is 1.52. The Labute approximate surface area is 177 Å². The summed E-state index contributed by atoms with van der Waals surface area (Å²) in [4.78, 5) is 11.0. The fourth-order valence-corrected chi connectivity index (χ4v) is 5.01. The van der Waals surface area contributed by atoms with Gasteiger partial charge in [-0.15, -0.1) is 0 Å². The quantitative estimate of drug-likeness (QED) is 0.772. The van der Waals surface area contributed by atoms with E-state index in [2.05, 4.69) is 39.8 Å². The normalized spacial score (nSPS) is 20.5. The molecule has 1 saturated carbocycles. The van der Waals surface area contributed by atoms with Gasteiger partial charge in [0.15, 0.2) is 0 Å². The van der Waals surface area contributed by atoms with E-state index < -0.39 is 13.1 Å². The van der Waals surface area contributed by atoms with E-state index in [1.807, 2.05) is 0 Å². The van der Waals surface area contributed by atoms with Crippen LogP contribution in [0, 0.1) is 0 Å². The van der Waals surface area contributed by atoms with Crippen molar-refractivity contribution in [2.24, 2.45) is 0 Å². The predicted molar refractivity (Wildman–Crippen MR) is 115 cm³/mol. The molecule has 0 radical (unpaired) electrons. The smallest absolute Gasteiger partial charge is 0.519 e. The Kier molecular flexibility index (Phi) is 4.15. The first-order chi connectivity index (χ1) is 14.1. The number of carbonyl (C=O) groups is 1. The molecule has 5 rings (SSSR count). The van der Waals surface area contributed by atoms with Gasteiger partial charge >= 0.3 is 13.1 Å². The summed E-state index contributed by atoms with van der Waals surface area (Å²) in [5.41, 5.74) is 3.96. The van der Waals surface area contributed by atoms with Crippen LogP contribution in [-0.2, 0) is 16.6 Å². The van der Waals surface area contributed by atoms with Crippen LogP contribution in [0.5, 0.6) is 17.2 Å². The Morgan fingerprint density at radius 2 is 1.83 bits per heavy atom. The maximum absolute atomic E-state index is 11.0. The molecular formula is C24H27BO5. The van der Waals surface area contributed by atoms with E-state index in [1.165, 1.54) is 24.0 Å². The van der Waals surface area contributed by atoms with Gasteiger partial charge in [0, 0.05) is 5.46 Å². The van der Waals surface area contributed by atoms with E-state index in [9.17, 15) is 4.79 Å². The van der Waals surface area contributed by atoms with Crippen molar-refractivity contribution in [2.45, 2.75) is 70.3 Å². The van der Waals surface area contributed by atoms with Crippen molar-refractivity contribution in [3.63, 3.8) is 0 Å². The van der Waals surface area contributed by atoms with Crippen molar-refractivity contribution in [1.29, 1.82) is 0 Å². The standard InChI is InChI=1S/C24H27BO5/c1-23(2)13-24(3,4)28-22-17(15-6-7-15)11-16(12-18(22)23)25-29-19-8-5-14(10-21(26)27)9-20(19)30-25/h5,8-9,11-12,15H,6-7,10,13H2,1-4H3,(H,26,27). The van der Waals surface area contributed by atoms with Crippen LogP contribution >= 0.6 is 0 Å². The highest BCUT2D eigenvalue weighted by Gasteiger charge is 2.44. The SMILES string of the molecule is CC1(C)CC(C)(C)c2cc(B3Oc4ccc(CC(=O)O)cc4O3)cc(C3CC3)c2O1. The Morgan fingerprint density at radius 1 is 1.10 bits per heavy atom. The highest BCUT2D eigenvalue weighted by atomic mass is 16.6. The fourth-order valence-electron chi connectivity index (χ4n) is 5.01. The lowest BCUT2D eigenvalue weighted by molar-refractivity contribution is -0.136. The molecule has 2 aromatic carbocycles. The first-order valence-electron chi connectivity index (χ1n) is 10.7. The number of hydrogen-bond acceptors (Lipinski definition) is 4. The molecule has 0 spiro atoms. The summed E-state index contributed by atoms with van der Waals surface area (Å²) in [6.07, 6.45) is 3.27. The third-order valence-electron chi connectivity index (χ3n) is 6.24. The van der Waals surface area contributed by atoms with Crippen LogP contribution in [0.4, 0.5) is 0 Å². The molecule has 0 amide bonds. The van der Waals surface area contributed by atoms with Gasteiger partial charge in [-0.1, -0.05) is 32.0 Å². The van der Waals surface area contributed by atoms with Gasteiger partial charge in [0.1, 0.15) is 22.8 Å². The molecule has 2 aliphatic heterocycles. The van der Waals surface area contributed by atoms with Crippen molar-refractivity contribution in [1.82, 2.24) is 0 Å². The second kappa shape index (κ2) is 6.43. The highest BCUT2D eigenvalue weighted by molar-refractivity contribution is 6.63. The minimum absolute atomic E-state index is 0.0170. The Bertz CT molecular complexity index is 1040. The van der Waals surface area contributed by atoms with Gasteiger partial charge in [-0.05, 0) is 73.3 Å². The zero-order chi connectivity index (χ0) is 21.3. The summed E-state index contributed by atoms with van der Waals surface area (Å²) in [5.74, 6) is 1.97. The Morgan fingerprint density at radius 3 is 2.53 bits per heavy atom. The predicted octanol–water partition coefficient (Wildman–Crippen LogP) is 4.20. The number of carboxylic acid groups (broad SMARTS) is 1. The van der Waals surface area contributed by atoms with Crippen LogP contribution in [0.1, 0.15) is 69.6 Å². The van der Waals surface area contributed by atoms with Crippen molar-refractivity contribution in [3.05, 3.63) is 47.0 Å². The molecule has 30 heavy (non-hydrogen) atoms. The van der Waals surface area contributed by atoms with E-state index in [0.29, 0.717) is 23.0 Å². The Hall–Kier alpha value is -2.63. The molecule has 0 unspecified atom stereocenters. The van der Waals surface area contributed by atoms with E-state index in [-0.39, 0.29) is 17.4 Å². The monoisotopic (exact) mass is 406 g/mol. The second-order valence-electron chi connectivity index (χ2n) is 10.1. The molecule has 0 atom stereocenters. The molecule has 5 nitrogen and oxygen atoms in total. The van der Waals surface area contributed by atoms with Gasteiger partial charge in [-0.25, -0.2) is 0 Å². The third-order valence-corrected chi connectivity index (χ3v) is 6.24. The maximum Gasteiger partial charge on any atom is 0.632 e.